The second-order valence-corrected chi connectivity index (χ2v) is 11.3. The minimum Gasteiger partial charge on any atom is -0.207 e. The Bertz CT molecular complexity index is 631. The molecule has 1 aromatic carbocycles. The molecule has 0 heterocycles. The van der Waals surface area contributed by atoms with Crippen LogP contribution in [-0.2, 0) is 10.0 Å². The zero-order valence-corrected chi connectivity index (χ0v) is 22.3. The number of aryl methyl sites for hydroxylation is 1. The molecule has 0 fully saturated rings. The van der Waals surface area contributed by atoms with Crippen LogP contribution in [0.2, 0.25) is 0 Å². The monoisotopic (exact) mass is 549 g/mol. The Balaban J connectivity index is 2.05. The van der Waals surface area contributed by atoms with Gasteiger partial charge in [-0.15, -0.1) is 0 Å². The minimum absolute atomic E-state index is 0.0224. The summed E-state index contributed by atoms with van der Waals surface area (Å²) < 4.78 is 28.8. The number of nitrogens with one attached hydrogen (secondary N) is 1. The molecule has 0 aliphatic rings. The number of benzene rings is 1. The first-order chi connectivity index (χ1) is 14.5. The number of hydrogen-bond acceptors (Lipinski definition) is 2. The summed E-state index contributed by atoms with van der Waals surface area (Å²) in [7, 11) is -3.41. The standard InChI is InChI=1S/C25H44INO2S/c1-3-4-5-6-7-8-9-10-11-12-13-14-15-16-17-24(22-26)27-30(28,29)25-20-18-23(2)19-21-25/h18-21,24,27H,3-17,22H2,1-2H3. The second-order valence-electron chi connectivity index (χ2n) is 8.67. The molecule has 1 rings (SSSR count). The lowest BCUT2D eigenvalue weighted by Gasteiger charge is -2.16. The van der Waals surface area contributed by atoms with Crippen LogP contribution in [0, 0.1) is 6.92 Å². The first kappa shape index (κ1) is 27.9. The smallest absolute Gasteiger partial charge is 0.207 e. The molecule has 1 aromatic rings. The fraction of sp³-hybridized carbons (Fsp3) is 0.760. The molecule has 30 heavy (non-hydrogen) atoms. The van der Waals surface area contributed by atoms with Gasteiger partial charge in [0.05, 0.1) is 4.90 Å². The lowest BCUT2D eigenvalue weighted by atomic mass is 10.0. The summed E-state index contributed by atoms with van der Waals surface area (Å²) in [5, 5.41) is 0. The van der Waals surface area contributed by atoms with Gasteiger partial charge in [-0.05, 0) is 25.5 Å². The quantitative estimate of drug-likeness (QED) is 0.108. The van der Waals surface area contributed by atoms with Gasteiger partial charge in [-0.1, -0.05) is 137 Å². The molecule has 0 amide bonds. The maximum Gasteiger partial charge on any atom is 0.240 e. The van der Waals surface area contributed by atoms with E-state index in [2.05, 4.69) is 34.2 Å². The molecule has 0 spiro atoms. The fourth-order valence-electron chi connectivity index (χ4n) is 3.76. The number of sulfonamides is 1. The van der Waals surface area contributed by atoms with Gasteiger partial charge in [0.1, 0.15) is 0 Å². The zero-order valence-electron chi connectivity index (χ0n) is 19.3. The van der Waals surface area contributed by atoms with Crippen molar-refractivity contribution in [2.45, 2.75) is 121 Å². The fourth-order valence-corrected chi connectivity index (χ4v) is 5.99. The third-order valence-electron chi connectivity index (χ3n) is 5.75. The number of hydrogen-bond donors (Lipinski definition) is 1. The molecule has 0 radical (unpaired) electrons. The topological polar surface area (TPSA) is 46.2 Å². The van der Waals surface area contributed by atoms with Crippen LogP contribution < -0.4 is 4.72 Å². The van der Waals surface area contributed by atoms with Crippen LogP contribution in [0.15, 0.2) is 29.2 Å². The number of rotatable bonds is 19. The van der Waals surface area contributed by atoms with Crippen molar-refractivity contribution in [3.05, 3.63) is 29.8 Å². The summed E-state index contributed by atoms with van der Waals surface area (Å²) in [5.74, 6) is 0. The summed E-state index contributed by atoms with van der Waals surface area (Å²) in [6, 6.07) is 7.10. The maximum atomic E-state index is 12.5. The molecular weight excluding hydrogens is 505 g/mol. The van der Waals surface area contributed by atoms with Gasteiger partial charge < -0.3 is 0 Å². The Morgan fingerprint density at radius 2 is 1.20 bits per heavy atom. The van der Waals surface area contributed by atoms with Gasteiger partial charge in [0.25, 0.3) is 0 Å². The Labute approximate surface area is 200 Å². The normalized spacial score (nSPS) is 12.9. The Hall–Kier alpha value is -0.140. The van der Waals surface area contributed by atoms with Crippen molar-refractivity contribution in [2.24, 2.45) is 0 Å². The van der Waals surface area contributed by atoms with Gasteiger partial charge in [-0.2, -0.15) is 0 Å². The number of halogens is 1. The average molecular weight is 550 g/mol. The van der Waals surface area contributed by atoms with E-state index in [4.69, 9.17) is 0 Å². The van der Waals surface area contributed by atoms with Crippen molar-refractivity contribution in [1.29, 1.82) is 0 Å². The molecule has 0 aliphatic heterocycles. The molecule has 0 bridgehead atoms. The van der Waals surface area contributed by atoms with E-state index in [9.17, 15) is 8.42 Å². The predicted octanol–water partition coefficient (Wildman–Crippen LogP) is 7.95. The predicted molar refractivity (Wildman–Crippen MR) is 139 cm³/mol. The largest absolute Gasteiger partial charge is 0.240 e. The van der Waals surface area contributed by atoms with Crippen LogP contribution in [-0.4, -0.2) is 18.9 Å². The highest BCUT2D eigenvalue weighted by atomic mass is 127. The van der Waals surface area contributed by atoms with E-state index >= 15 is 0 Å². The third kappa shape index (κ3) is 13.3. The van der Waals surface area contributed by atoms with Crippen LogP contribution in [0.25, 0.3) is 0 Å². The minimum atomic E-state index is -3.41. The van der Waals surface area contributed by atoms with Gasteiger partial charge in [-0.3, -0.25) is 0 Å². The first-order valence-electron chi connectivity index (χ1n) is 12.1. The van der Waals surface area contributed by atoms with E-state index in [-0.39, 0.29) is 6.04 Å². The van der Waals surface area contributed by atoms with Crippen molar-refractivity contribution in [2.75, 3.05) is 4.43 Å². The van der Waals surface area contributed by atoms with Gasteiger partial charge in [-0.25, -0.2) is 13.1 Å². The van der Waals surface area contributed by atoms with E-state index in [1.165, 1.54) is 83.5 Å². The average Bonchev–Trinajstić information content (AvgIpc) is 2.73. The maximum absolute atomic E-state index is 12.5. The lowest BCUT2D eigenvalue weighted by molar-refractivity contribution is 0.510. The van der Waals surface area contributed by atoms with E-state index < -0.39 is 10.0 Å². The summed E-state index contributed by atoms with van der Waals surface area (Å²) in [5.41, 5.74) is 1.07. The summed E-state index contributed by atoms with van der Waals surface area (Å²) >= 11 is 2.29. The van der Waals surface area contributed by atoms with Crippen LogP contribution in [0.3, 0.4) is 0 Å². The molecule has 0 saturated carbocycles. The highest BCUT2D eigenvalue weighted by Gasteiger charge is 2.18. The number of alkyl halides is 1. The Kier molecular flexibility index (Phi) is 16.2. The van der Waals surface area contributed by atoms with Gasteiger partial charge in [0.15, 0.2) is 0 Å². The molecule has 1 N–H and O–H groups in total. The summed E-state index contributed by atoms with van der Waals surface area (Å²) in [4.78, 5) is 0.365. The van der Waals surface area contributed by atoms with E-state index in [0.29, 0.717) is 4.90 Å². The lowest BCUT2D eigenvalue weighted by Crippen LogP contribution is -2.36. The van der Waals surface area contributed by atoms with Gasteiger partial charge in [0, 0.05) is 10.5 Å². The van der Waals surface area contributed by atoms with E-state index in [1.807, 2.05) is 19.1 Å². The van der Waals surface area contributed by atoms with Crippen LogP contribution in [0.1, 0.15) is 109 Å². The molecule has 0 saturated heterocycles. The molecule has 174 valence electrons. The molecular formula is C25H44INO2S. The van der Waals surface area contributed by atoms with Crippen molar-refractivity contribution in [3.8, 4) is 0 Å². The van der Waals surface area contributed by atoms with Crippen LogP contribution in [0.4, 0.5) is 0 Å². The van der Waals surface area contributed by atoms with Gasteiger partial charge in [0.2, 0.25) is 10.0 Å². The SMILES string of the molecule is CCCCCCCCCCCCCCCCC(CI)NS(=O)(=O)c1ccc(C)cc1. The highest BCUT2D eigenvalue weighted by molar-refractivity contribution is 14.1. The molecule has 3 nitrogen and oxygen atoms in total. The van der Waals surface area contributed by atoms with E-state index in [1.54, 1.807) is 12.1 Å². The van der Waals surface area contributed by atoms with E-state index in [0.717, 1.165) is 22.8 Å². The zero-order chi connectivity index (χ0) is 22.1. The third-order valence-corrected chi connectivity index (χ3v) is 8.35. The highest BCUT2D eigenvalue weighted by Crippen LogP contribution is 2.16. The van der Waals surface area contributed by atoms with Crippen molar-refractivity contribution >= 4 is 32.6 Å². The molecule has 0 aliphatic carbocycles. The van der Waals surface area contributed by atoms with Crippen molar-refractivity contribution in [3.63, 3.8) is 0 Å². The Morgan fingerprint density at radius 3 is 1.63 bits per heavy atom. The van der Waals surface area contributed by atoms with Crippen molar-refractivity contribution in [1.82, 2.24) is 4.72 Å². The molecule has 1 atom stereocenters. The summed E-state index contributed by atoms with van der Waals surface area (Å²) in [6.07, 6.45) is 19.8. The first-order valence-corrected chi connectivity index (χ1v) is 15.2. The van der Waals surface area contributed by atoms with Crippen molar-refractivity contribution < 1.29 is 8.42 Å². The molecule has 5 heteroatoms. The summed E-state index contributed by atoms with van der Waals surface area (Å²) in [6.45, 7) is 4.24. The van der Waals surface area contributed by atoms with Crippen LogP contribution in [0.5, 0.6) is 0 Å². The number of unbranched alkanes of at least 4 members (excludes halogenated alkanes) is 13. The second kappa shape index (κ2) is 17.4. The Morgan fingerprint density at radius 1 is 0.767 bits per heavy atom. The van der Waals surface area contributed by atoms with Crippen LogP contribution >= 0.6 is 22.6 Å². The molecule has 0 aromatic heterocycles. The van der Waals surface area contributed by atoms with Gasteiger partial charge >= 0.3 is 0 Å². The molecule has 1 unspecified atom stereocenters.